The highest BCUT2D eigenvalue weighted by molar-refractivity contribution is 4.84. The lowest BCUT2D eigenvalue weighted by Gasteiger charge is -2.42. The molecule has 0 spiro atoms. The summed E-state index contributed by atoms with van der Waals surface area (Å²) in [5, 5.41) is 0. The molecule has 0 aromatic heterocycles. The third kappa shape index (κ3) is 4.54. The maximum atomic E-state index is 5.90. The van der Waals surface area contributed by atoms with Crippen LogP contribution in [0, 0.1) is 5.41 Å². The number of nitrogens with two attached hydrogens (primary N) is 1. The molecule has 4 heteroatoms. The molecule has 17 heavy (non-hydrogen) atoms. The highest BCUT2D eigenvalue weighted by Crippen LogP contribution is 2.30. The van der Waals surface area contributed by atoms with E-state index in [0.29, 0.717) is 18.0 Å². The molecule has 1 atom stereocenters. The van der Waals surface area contributed by atoms with Crippen molar-refractivity contribution in [1.29, 1.82) is 0 Å². The van der Waals surface area contributed by atoms with Gasteiger partial charge in [-0.3, -0.25) is 4.90 Å². The Bertz CT molecular complexity index is 217. The van der Waals surface area contributed by atoms with Crippen LogP contribution in [0.2, 0.25) is 0 Å². The number of piperidine rings is 1. The Hall–Kier alpha value is -0.160. The molecule has 0 bridgehead atoms. The molecule has 102 valence electrons. The van der Waals surface area contributed by atoms with Crippen molar-refractivity contribution in [3.63, 3.8) is 0 Å². The van der Waals surface area contributed by atoms with Gasteiger partial charge < -0.3 is 15.2 Å². The number of hydrogen-bond donors (Lipinski definition) is 1. The van der Waals surface area contributed by atoms with E-state index in [-0.39, 0.29) is 6.29 Å². The molecule has 1 unspecified atom stereocenters. The summed E-state index contributed by atoms with van der Waals surface area (Å²) in [6, 6.07) is 0.361. The van der Waals surface area contributed by atoms with Gasteiger partial charge in [-0.05, 0) is 24.8 Å². The second kappa shape index (κ2) is 6.69. The minimum atomic E-state index is -0.145. The zero-order valence-electron chi connectivity index (χ0n) is 11.7. The average molecular weight is 244 g/mol. The molecule has 0 radical (unpaired) electrons. The van der Waals surface area contributed by atoms with Gasteiger partial charge in [0.1, 0.15) is 0 Å². The number of hydrogen-bond acceptors (Lipinski definition) is 4. The van der Waals surface area contributed by atoms with Gasteiger partial charge in [0.25, 0.3) is 0 Å². The summed E-state index contributed by atoms with van der Waals surface area (Å²) in [4.78, 5) is 2.49. The number of likely N-dealkylation sites (tertiary alicyclic amines) is 1. The van der Waals surface area contributed by atoms with E-state index in [1.54, 1.807) is 14.2 Å². The van der Waals surface area contributed by atoms with Gasteiger partial charge in [0.2, 0.25) is 0 Å². The summed E-state index contributed by atoms with van der Waals surface area (Å²) in [6.45, 7) is 7.59. The van der Waals surface area contributed by atoms with E-state index < -0.39 is 0 Å². The van der Waals surface area contributed by atoms with Gasteiger partial charge in [-0.1, -0.05) is 13.8 Å². The van der Waals surface area contributed by atoms with Gasteiger partial charge in [0.15, 0.2) is 6.29 Å². The van der Waals surface area contributed by atoms with Crippen molar-refractivity contribution < 1.29 is 9.47 Å². The van der Waals surface area contributed by atoms with Crippen LogP contribution >= 0.6 is 0 Å². The van der Waals surface area contributed by atoms with Gasteiger partial charge in [0.05, 0.1) is 0 Å². The van der Waals surface area contributed by atoms with E-state index in [0.717, 1.165) is 19.5 Å². The Kier molecular flexibility index (Phi) is 5.86. The molecular formula is C13H28N2O2. The highest BCUT2D eigenvalue weighted by atomic mass is 16.7. The highest BCUT2D eigenvalue weighted by Gasteiger charge is 2.31. The third-order valence-electron chi connectivity index (χ3n) is 3.71. The minimum absolute atomic E-state index is 0.145. The summed E-state index contributed by atoms with van der Waals surface area (Å²) in [5.41, 5.74) is 6.30. The minimum Gasteiger partial charge on any atom is -0.356 e. The fourth-order valence-electron chi connectivity index (χ4n) is 2.69. The van der Waals surface area contributed by atoms with Crippen LogP contribution < -0.4 is 5.73 Å². The lowest BCUT2D eigenvalue weighted by Crippen LogP contribution is -2.50. The van der Waals surface area contributed by atoms with Crippen molar-refractivity contribution in [3.05, 3.63) is 0 Å². The first-order valence-corrected chi connectivity index (χ1v) is 6.52. The number of rotatable bonds is 6. The van der Waals surface area contributed by atoms with Crippen molar-refractivity contribution in [2.24, 2.45) is 11.1 Å². The summed E-state index contributed by atoms with van der Waals surface area (Å²) in [5.74, 6) is 0. The monoisotopic (exact) mass is 244 g/mol. The van der Waals surface area contributed by atoms with Crippen molar-refractivity contribution in [2.75, 3.05) is 33.9 Å². The second-order valence-electron chi connectivity index (χ2n) is 5.76. The van der Waals surface area contributed by atoms with E-state index in [2.05, 4.69) is 18.7 Å². The molecular weight excluding hydrogens is 216 g/mol. The molecule has 1 saturated heterocycles. The van der Waals surface area contributed by atoms with Gasteiger partial charge in [-0.25, -0.2) is 0 Å². The smallest absolute Gasteiger partial charge is 0.158 e. The zero-order chi connectivity index (χ0) is 12.9. The Morgan fingerprint density at radius 3 is 2.41 bits per heavy atom. The van der Waals surface area contributed by atoms with Gasteiger partial charge in [-0.2, -0.15) is 0 Å². The molecule has 1 aliphatic rings. The molecule has 2 N–H and O–H groups in total. The summed E-state index contributed by atoms with van der Waals surface area (Å²) >= 11 is 0. The first-order valence-electron chi connectivity index (χ1n) is 6.52. The summed E-state index contributed by atoms with van der Waals surface area (Å²) in [7, 11) is 3.36. The van der Waals surface area contributed by atoms with Crippen molar-refractivity contribution in [3.8, 4) is 0 Å². The second-order valence-corrected chi connectivity index (χ2v) is 5.76. The first-order chi connectivity index (χ1) is 8.02. The van der Waals surface area contributed by atoms with Gasteiger partial charge in [-0.15, -0.1) is 0 Å². The van der Waals surface area contributed by atoms with Crippen molar-refractivity contribution in [1.82, 2.24) is 4.90 Å². The predicted octanol–water partition coefficient (Wildman–Crippen LogP) is 1.44. The maximum Gasteiger partial charge on any atom is 0.158 e. The van der Waals surface area contributed by atoms with Crippen LogP contribution in [0.5, 0.6) is 0 Å². The third-order valence-corrected chi connectivity index (χ3v) is 3.71. The lowest BCUT2D eigenvalue weighted by atomic mass is 9.83. The number of ether oxygens (including phenoxy) is 2. The van der Waals surface area contributed by atoms with Crippen LogP contribution in [0.3, 0.4) is 0 Å². The van der Waals surface area contributed by atoms with E-state index in [4.69, 9.17) is 15.2 Å². The molecule has 1 fully saturated rings. The van der Waals surface area contributed by atoms with Crippen LogP contribution in [0.25, 0.3) is 0 Å². The van der Waals surface area contributed by atoms with Crippen LogP contribution in [-0.4, -0.2) is 51.1 Å². The molecule has 0 amide bonds. The Morgan fingerprint density at radius 2 is 1.94 bits per heavy atom. The molecule has 4 nitrogen and oxygen atoms in total. The maximum absolute atomic E-state index is 5.90. The average Bonchev–Trinajstić information content (AvgIpc) is 2.29. The first kappa shape index (κ1) is 14.9. The summed E-state index contributed by atoms with van der Waals surface area (Å²) < 4.78 is 10.5. The number of methoxy groups -OCH3 is 2. The Morgan fingerprint density at radius 1 is 1.29 bits per heavy atom. The Balaban J connectivity index is 2.54. The molecule has 0 aliphatic carbocycles. The molecule has 0 aromatic rings. The normalized spacial score (nSPS) is 22.9. The predicted molar refractivity (Wildman–Crippen MR) is 69.9 cm³/mol. The standard InChI is InChI=1S/C13H28N2O2/c1-13(2)6-5-7-15(10-13)11(9-14)8-12(16-3)17-4/h11-12H,5-10,14H2,1-4H3. The Labute approximate surface area is 105 Å². The fraction of sp³-hybridized carbons (Fsp3) is 1.00. The SMILES string of the molecule is COC(CC(CN)N1CCCC(C)(C)C1)OC. The molecule has 1 rings (SSSR count). The molecule has 0 aromatic carbocycles. The van der Waals surface area contributed by atoms with Crippen LogP contribution in [0.15, 0.2) is 0 Å². The largest absolute Gasteiger partial charge is 0.356 e. The van der Waals surface area contributed by atoms with E-state index >= 15 is 0 Å². The quantitative estimate of drug-likeness (QED) is 0.718. The molecule has 1 heterocycles. The van der Waals surface area contributed by atoms with Crippen molar-refractivity contribution >= 4 is 0 Å². The zero-order valence-corrected chi connectivity index (χ0v) is 11.7. The van der Waals surface area contributed by atoms with Crippen LogP contribution in [-0.2, 0) is 9.47 Å². The van der Waals surface area contributed by atoms with Gasteiger partial charge in [0, 0.05) is 39.8 Å². The van der Waals surface area contributed by atoms with E-state index in [1.165, 1.54) is 12.8 Å². The number of nitrogens with zero attached hydrogens (tertiary/aromatic N) is 1. The fourth-order valence-corrected chi connectivity index (χ4v) is 2.69. The van der Waals surface area contributed by atoms with Gasteiger partial charge >= 0.3 is 0 Å². The molecule has 0 saturated carbocycles. The topological polar surface area (TPSA) is 47.7 Å². The van der Waals surface area contributed by atoms with Crippen LogP contribution in [0.1, 0.15) is 33.1 Å². The van der Waals surface area contributed by atoms with Crippen molar-refractivity contribution in [2.45, 2.75) is 45.4 Å². The lowest BCUT2D eigenvalue weighted by molar-refractivity contribution is -0.119. The summed E-state index contributed by atoms with van der Waals surface area (Å²) in [6.07, 6.45) is 3.26. The van der Waals surface area contributed by atoms with Crippen LogP contribution in [0.4, 0.5) is 0 Å². The molecule has 1 aliphatic heterocycles. The van der Waals surface area contributed by atoms with E-state index in [9.17, 15) is 0 Å². The van der Waals surface area contributed by atoms with E-state index in [1.807, 2.05) is 0 Å².